The molecule has 7 nitrogen and oxygen atoms in total. The number of hydrogen-bond donors (Lipinski definition) is 0. The largest absolute Gasteiger partial charge is 0.478 e. The molecule has 1 unspecified atom stereocenters. The van der Waals surface area contributed by atoms with Crippen LogP contribution in [0, 0.1) is 13.8 Å². The van der Waals surface area contributed by atoms with Crippen LogP contribution in [0.4, 0.5) is 0 Å². The first-order valence-electron chi connectivity index (χ1n) is 9.64. The summed E-state index contributed by atoms with van der Waals surface area (Å²) >= 11 is 0. The number of nitrogens with zero attached hydrogens (tertiary/aromatic N) is 3. The molecule has 1 aliphatic heterocycles. The molecule has 8 heteroatoms. The van der Waals surface area contributed by atoms with E-state index in [1.54, 1.807) is 43.3 Å². The zero-order valence-corrected chi connectivity index (χ0v) is 18.3. The average Bonchev–Trinajstić information content (AvgIpc) is 2.68. The molecule has 0 bridgehead atoms. The molecule has 0 N–H and O–H groups in total. The highest BCUT2D eigenvalue weighted by atomic mass is 32.2. The van der Waals surface area contributed by atoms with Gasteiger partial charge >= 0.3 is 0 Å². The first-order chi connectivity index (χ1) is 13.7. The molecule has 1 atom stereocenters. The standard InChI is InChI=1S/C21H27N3O4S/c1-6-28-20-17(8-7-9-22-20)18-12-14(2)15(3)13-19(18)29(26,27)24-11-10-23(5)21(25)16(24)4/h7-9,12-13,16H,6,10-11H2,1-5H3. The number of sulfonamides is 1. The van der Waals surface area contributed by atoms with Gasteiger partial charge in [0.25, 0.3) is 0 Å². The highest BCUT2D eigenvalue weighted by Crippen LogP contribution is 2.37. The van der Waals surface area contributed by atoms with Crippen LogP contribution < -0.4 is 4.74 Å². The molecule has 1 amide bonds. The van der Waals surface area contributed by atoms with Gasteiger partial charge in [0.15, 0.2) is 0 Å². The van der Waals surface area contributed by atoms with Crippen molar-refractivity contribution in [1.29, 1.82) is 0 Å². The summed E-state index contributed by atoms with van der Waals surface area (Å²) in [5, 5.41) is 0. The Morgan fingerprint density at radius 2 is 1.86 bits per heavy atom. The Morgan fingerprint density at radius 3 is 2.55 bits per heavy atom. The topological polar surface area (TPSA) is 79.8 Å². The number of piperazine rings is 1. The van der Waals surface area contributed by atoms with E-state index in [4.69, 9.17) is 4.74 Å². The van der Waals surface area contributed by atoms with Crippen LogP contribution in [0.5, 0.6) is 5.88 Å². The van der Waals surface area contributed by atoms with Crippen molar-refractivity contribution in [3.63, 3.8) is 0 Å². The third kappa shape index (κ3) is 3.86. The van der Waals surface area contributed by atoms with Crippen molar-refractivity contribution in [2.24, 2.45) is 0 Å². The quantitative estimate of drug-likeness (QED) is 0.747. The number of pyridine rings is 1. The summed E-state index contributed by atoms with van der Waals surface area (Å²) in [6.07, 6.45) is 1.62. The van der Waals surface area contributed by atoms with Crippen LogP contribution in [-0.2, 0) is 14.8 Å². The number of aromatic nitrogens is 1. The first-order valence-corrected chi connectivity index (χ1v) is 11.1. The van der Waals surface area contributed by atoms with Gasteiger partial charge in [-0.2, -0.15) is 4.31 Å². The van der Waals surface area contributed by atoms with Gasteiger partial charge in [-0.05, 0) is 63.1 Å². The summed E-state index contributed by atoms with van der Waals surface area (Å²) in [5.74, 6) is 0.179. The van der Waals surface area contributed by atoms with E-state index in [9.17, 15) is 13.2 Å². The Kier molecular flexibility index (Phi) is 5.95. The van der Waals surface area contributed by atoms with Crippen LogP contribution in [0.3, 0.4) is 0 Å². The van der Waals surface area contributed by atoms with Gasteiger partial charge in [0.1, 0.15) is 6.04 Å². The van der Waals surface area contributed by atoms with Crippen molar-refractivity contribution in [1.82, 2.24) is 14.2 Å². The lowest BCUT2D eigenvalue weighted by Gasteiger charge is -2.36. The zero-order chi connectivity index (χ0) is 21.3. The number of likely N-dealkylation sites (N-methyl/N-ethyl adjacent to an activating group) is 1. The van der Waals surface area contributed by atoms with E-state index in [0.29, 0.717) is 30.2 Å². The van der Waals surface area contributed by atoms with Crippen LogP contribution >= 0.6 is 0 Å². The van der Waals surface area contributed by atoms with Gasteiger partial charge in [0.2, 0.25) is 21.8 Å². The molecule has 1 aromatic carbocycles. The van der Waals surface area contributed by atoms with Crippen LogP contribution in [0.2, 0.25) is 0 Å². The van der Waals surface area contributed by atoms with Gasteiger partial charge in [-0.25, -0.2) is 13.4 Å². The number of aryl methyl sites for hydroxylation is 2. The molecule has 1 aromatic heterocycles. The van der Waals surface area contributed by atoms with Crippen molar-refractivity contribution in [2.75, 3.05) is 26.7 Å². The summed E-state index contributed by atoms with van der Waals surface area (Å²) in [6.45, 7) is 8.33. The second-order valence-corrected chi connectivity index (χ2v) is 9.13. The van der Waals surface area contributed by atoms with Crippen LogP contribution in [0.15, 0.2) is 35.4 Å². The van der Waals surface area contributed by atoms with Crippen molar-refractivity contribution in [3.8, 4) is 17.0 Å². The number of hydrogen-bond acceptors (Lipinski definition) is 5. The maximum Gasteiger partial charge on any atom is 0.244 e. The Balaban J connectivity index is 2.20. The molecular weight excluding hydrogens is 390 g/mol. The molecule has 1 saturated heterocycles. The Labute approximate surface area is 172 Å². The molecule has 3 rings (SSSR count). The Hall–Kier alpha value is -2.45. The number of benzene rings is 1. The maximum absolute atomic E-state index is 13.7. The van der Waals surface area contributed by atoms with E-state index in [1.807, 2.05) is 26.8 Å². The Morgan fingerprint density at radius 1 is 1.17 bits per heavy atom. The Bertz CT molecular complexity index is 1040. The van der Waals surface area contributed by atoms with E-state index in [0.717, 1.165) is 11.1 Å². The zero-order valence-electron chi connectivity index (χ0n) is 17.5. The summed E-state index contributed by atoms with van der Waals surface area (Å²) in [7, 11) is -2.23. The number of carbonyl (C=O) groups is 1. The average molecular weight is 418 g/mol. The molecule has 0 aliphatic carbocycles. The predicted molar refractivity (Wildman–Crippen MR) is 111 cm³/mol. The minimum Gasteiger partial charge on any atom is -0.478 e. The van der Waals surface area contributed by atoms with E-state index < -0.39 is 16.1 Å². The molecule has 2 heterocycles. The van der Waals surface area contributed by atoms with Crippen LogP contribution in [-0.4, -0.2) is 61.3 Å². The highest BCUT2D eigenvalue weighted by Gasteiger charge is 2.39. The van der Waals surface area contributed by atoms with Crippen molar-refractivity contribution in [3.05, 3.63) is 41.6 Å². The molecule has 29 heavy (non-hydrogen) atoms. The molecular formula is C21H27N3O4S. The number of rotatable bonds is 5. The molecule has 1 fully saturated rings. The third-order valence-corrected chi connectivity index (χ3v) is 7.36. The lowest BCUT2D eigenvalue weighted by molar-refractivity contribution is -0.136. The van der Waals surface area contributed by atoms with Crippen LogP contribution in [0.25, 0.3) is 11.1 Å². The fourth-order valence-electron chi connectivity index (χ4n) is 3.51. The van der Waals surface area contributed by atoms with E-state index in [2.05, 4.69) is 4.98 Å². The number of amides is 1. The first kappa shape index (κ1) is 21.3. The lowest BCUT2D eigenvalue weighted by atomic mass is 10.0. The number of carbonyl (C=O) groups excluding carboxylic acids is 1. The van der Waals surface area contributed by atoms with E-state index >= 15 is 0 Å². The fraction of sp³-hybridized carbons (Fsp3) is 0.429. The monoisotopic (exact) mass is 417 g/mol. The second kappa shape index (κ2) is 8.12. The van der Waals surface area contributed by atoms with E-state index in [1.165, 1.54) is 4.31 Å². The molecule has 0 spiro atoms. The minimum absolute atomic E-state index is 0.166. The SMILES string of the molecule is CCOc1ncccc1-c1cc(C)c(C)cc1S(=O)(=O)N1CCN(C)C(=O)C1C. The van der Waals surface area contributed by atoms with Crippen molar-refractivity contribution >= 4 is 15.9 Å². The normalized spacial score (nSPS) is 18.2. The third-order valence-electron chi connectivity index (χ3n) is 5.35. The highest BCUT2D eigenvalue weighted by molar-refractivity contribution is 7.89. The molecule has 1 aliphatic rings. The molecule has 0 saturated carbocycles. The minimum atomic E-state index is -3.91. The molecule has 0 radical (unpaired) electrons. The van der Waals surface area contributed by atoms with Crippen LogP contribution in [0.1, 0.15) is 25.0 Å². The van der Waals surface area contributed by atoms with Gasteiger partial charge in [0, 0.05) is 37.5 Å². The van der Waals surface area contributed by atoms with Gasteiger partial charge in [0.05, 0.1) is 11.5 Å². The van der Waals surface area contributed by atoms with Gasteiger partial charge in [-0.15, -0.1) is 0 Å². The predicted octanol–water partition coefficient (Wildman–Crippen LogP) is 2.62. The van der Waals surface area contributed by atoms with Crippen molar-refractivity contribution < 1.29 is 17.9 Å². The summed E-state index contributed by atoms with van der Waals surface area (Å²) < 4.78 is 34.3. The van der Waals surface area contributed by atoms with Gasteiger partial charge in [-0.3, -0.25) is 4.79 Å². The van der Waals surface area contributed by atoms with E-state index in [-0.39, 0.29) is 17.3 Å². The lowest BCUT2D eigenvalue weighted by Crippen LogP contribution is -2.56. The molecule has 156 valence electrons. The van der Waals surface area contributed by atoms with Gasteiger partial charge < -0.3 is 9.64 Å². The maximum atomic E-state index is 13.7. The summed E-state index contributed by atoms with van der Waals surface area (Å²) in [6, 6.07) is 6.33. The number of ether oxygens (including phenoxy) is 1. The smallest absolute Gasteiger partial charge is 0.244 e. The summed E-state index contributed by atoms with van der Waals surface area (Å²) in [5.41, 5.74) is 2.97. The molecule has 2 aromatic rings. The van der Waals surface area contributed by atoms with Gasteiger partial charge in [-0.1, -0.05) is 0 Å². The summed E-state index contributed by atoms with van der Waals surface area (Å²) in [4.78, 5) is 18.4. The fourth-order valence-corrected chi connectivity index (χ4v) is 5.36. The second-order valence-electron chi connectivity index (χ2n) is 7.27. The van der Waals surface area contributed by atoms with Crippen molar-refractivity contribution in [2.45, 2.75) is 38.6 Å².